The molecule has 5 nitrogen and oxygen atoms in total. The molecule has 23 heavy (non-hydrogen) atoms. The Morgan fingerprint density at radius 1 is 1.26 bits per heavy atom. The van der Waals surface area contributed by atoms with Gasteiger partial charge in [-0.1, -0.05) is 41.9 Å². The first-order valence-electron chi connectivity index (χ1n) is 8.31. The van der Waals surface area contributed by atoms with E-state index in [2.05, 4.69) is 17.3 Å². The number of oxime groups is 1. The minimum atomic E-state index is -0.357. The second-order valence-electron chi connectivity index (χ2n) is 5.58. The Hall–Kier alpha value is -1.88. The molecule has 2 rings (SSSR count). The number of esters is 1. The minimum Gasteiger partial charge on any atom is -0.461 e. The van der Waals surface area contributed by atoms with Gasteiger partial charge in [0, 0.05) is 13.0 Å². The first kappa shape index (κ1) is 17.5. The summed E-state index contributed by atoms with van der Waals surface area (Å²) in [5.41, 5.74) is 1.61. The Bertz CT molecular complexity index is 501. The highest BCUT2D eigenvalue weighted by molar-refractivity contribution is 6.36. The van der Waals surface area contributed by atoms with Crippen molar-refractivity contribution in [3.8, 4) is 0 Å². The molecule has 0 saturated heterocycles. The number of benzene rings is 1. The zero-order chi connectivity index (χ0) is 16.3. The summed E-state index contributed by atoms with van der Waals surface area (Å²) in [6.07, 6.45) is 4.65. The Morgan fingerprint density at radius 3 is 2.87 bits per heavy atom. The van der Waals surface area contributed by atoms with Crippen molar-refractivity contribution in [2.24, 2.45) is 5.16 Å². The van der Waals surface area contributed by atoms with E-state index in [4.69, 9.17) is 14.3 Å². The van der Waals surface area contributed by atoms with Crippen LogP contribution < -0.4 is 0 Å². The molecule has 1 aromatic carbocycles. The number of carbonyl (C=O) groups is 1. The van der Waals surface area contributed by atoms with Gasteiger partial charge in [-0.2, -0.15) is 0 Å². The summed E-state index contributed by atoms with van der Waals surface area (Å²) in [4.78, 5) is 16.8. The average Bonchev–Trinajstić information content (AvgIpc) is 3.04. The van der Waals surface area contributed by atoms with Crippen molar-refractivity contribution in [3.05, 3.63) is 35.9 Å². The number of hydrogen-bond acceptors (Lipinski definition) is 5. The second kappa shape index (κ2) is 10.0. The van der Waals surface area contributed by atoms with Gasteiger partial charge in [0.2, 0.25) is 0 Å². The molecule has 0 N–H and O–H groups in total. The predicted octanol–water partition coefficient (Wildman–Crippen LogP) is 3.47. The van der Waals surface area contributed by atoms with Crippen LogP contribution in [0.25, 0.3) is 0 Å². The number of carbonyl (C=O) groups excluding carboxylic acids is 1. The topological polar surface area (TPSA) is 57.1 Å². The Kier molecular flexibility index (Phi) is 7.60. The lowest BCUT2D eigenvalue weighted by Crippen LogP contribution is -2.18. The van der Waals surface area contributed by atoms with E-state index in [-0.39, 0.29) is 12.1 Å². The van der Waals surface area contributed by atoms with Crippen LogP contribution in [-0.2, 0) is 25.7 Å². The van der Waals surface area contributed by atoms with E-state index in [1.54, 1.807) is 6.92 Å². The Balaban J connectivity index is 1.46. The molecular weight excluding hydrogens is 294 g/mol. The largest absolute Gasteiger partial charge is 0.461 e. The fraction of sp³-hybridized carbons (Fsp3) is 0.556. The summed E-state index contributed by atoms with van der Waals surface area (Å²) < 4.78 is 10.6. The molecule has 0 fully saturated rings. The van der Waals surface area contributed by atoms with Crippen LogP contribution in [0, 0.1) is 0 Å². The van der Waals surface area contributed by atoms with Gasteiger partial charge in [-0.3, -0.25) is 0 Å². The first-order valence-corrected chi connectivity index (χ1v) is 8.31. The molecule has 0 spiro atoms. The van der Waals surface area contributed by atoms with Gasteiger partial charge in [-0.15, -0.1) is 0 Å². The minimum absolute atomic E-state index is 0.0136. The molecule has 1 aliphatic rings. The zero-order valence-corrected chi connectivity index (χ0v) is 13.7. The van der Waals surface area contributed by atoms with Crippen LogP contribution in [0.3, 0.4) is 0 Å². The van der Waals surface area contributed by atoms with Gasteiger partial charge in [-0.05, 0) is 31.7 Å². The van der Waals surface area contributed by atoms with Crippen LogP contribution in [0.15, 0.2) is 35.5 Å². The molecule has 1 atom stereocenters. The van der Waals surface area contributed by atoms with Gasteiger partial charge in [0.1, 0.15) is 6.10 Å². The van der Waals surface area contributed by atoms with Crippen molar-refractivity contribution in [2.45, 2.75) is 51.7 Å². The van der Waals surface area contributed by atoms with E-state index in [1.165, 1.54) is 5.56 Å². The van der Waals surface area contributed by atoms with Crippen LogP contribution in [-0.4, -0.2) is 31.0 Å². The monoisotopic (exact) mass is 319 g/mol. The fourth-order valence-electron chi connectivity index (χ4n) is 2.44. The highest BCUT2D eigenvalue weighted by atomic mass is 16.6. The fourth-order valence-corrected chi connectivity index (χ4v) is 2.44. The highest BCUT2D eigenvalue weighted by Crippen LogP contribution is 2.18. The third kappa shape index (κ3) is 6.40. The SMILES string of the molecule is CCOC(=O)C1=NOC(CCCCCOCc2ccccc2)C1. The molecule has 126 valence electrons. The molecule has 0 amide bonds. The van der Waals surface area contributed by atoms with Crippen LogP contribution >= 0.6 is 0 Å². The van der Waals surface area contributed by atoms with Gasteiger partial charge in [-0.25, -0.2) is 4.79 Å². The first-order chi connectivity index (χ1) is 11.3. The molecule has 1 heterocycles. The standard InChI is InChI=1S/C18H25NO4/c1-2-22-18(20)17-13-16(23-19-17)11-7-4-8-12-21-14-15-9-5-3-6-10-15/h3,5-6,9-10,16H,2,4,7-8,11-14H2,1H3. The number of rotatable bonds is 10. The number of nitrogens with zero attached hydrogens (tertiary/aromatic N) is 1. The molecule has 1 aliphatic heterocycles. The zero-order valence-electron chi connectivity index (χ0n) is 13.7. The molecule has 0 radical (unpaired) electrons. The molecule has 0 aromatic heterocycles. The lowest BCUT2D eigenvalue weighted by atomic mass is 10.1. The van der Waals surface area contributed by atoms with Crippen LogP contribution in [0.1, 0.15) is 44.6 Å². The normalized spacial score (nSPS) is 16.7. The van der Waals surface area contributed by atoms with Gasteiger partial charge in [0.05, 0.1) is 13.2 Å². The van der Waals surface area contributed by atoms with E-state index in [0.29, 0.717) is 25.3 Å². The van der Waals surface area contributed by atoms with E-state index in [0.717, 1.165) is 32.3 Å². The van der Waals surface area contributed by atoms with Crippen LogP contribution in [0.2, 0.25) is 0 Å². The predicted molar refractivity (Wildman–Crippen MR) is 88.1 cm³/mol. The van der Waals surface area contributed by atoms with E-state index >= 15 is 0 Å². The lowest BCUT2D eigenvalue weighted by Gasteiger charge is -2.08. The summed E-state index contributed by atoms with van der Waals surface area (Å²) in [6, 6.07) is 10.2. The van der Waals surface area contributed by atoms with Gasteiger partial charge >= 0.3 is 5.97 Å². The van der Waals surface area contributed by atoms with Crippen molar-refractivity contribution in [3.63, 3.8) is 0 Å². The molecule has 0 aliphatic carbocycles. The third-order valence-corrected chi connectivity index (χ3v) is 3.67. The van der Waals surface area contributed by atoms with Crippen molar-refractivity contribution < 1.29 is 19.1 Å². The van der Waals surface area contributed by atoms with E-state index in [1.807, 2.05) is 18.2 Å². The Labute approximate surface area is 137 Å². The quantitative estimate of drug-likeness (QED) is 0.489. The summed E-state index contributed by atoms with van der Waals surface area (Å²) in [6.45, 7) is 3.59. The second-order valence-corrected chi connectivity index (χ2v) is 5.58. The third-order valence-electron chi connectivity index (χ3n) is 3.67. The van der Waals surface area contributed by atoms with Crippen molar-refractivity contribution in [2.75, 3.05) is 13.2 Å². The van der Waals surface area contributed by atoms with Crippen molar-refractivity contribution >= 4 is 11.7 Å². The summed E-state index contributed by atoms with van der Waals surface area (Å²) in [5, 5.41) is 3.81. The smallest absolute Gasteiger partial charge is 0.356 e. The molecule has 1 aromatic rings. The van der Waals surface area contributed by atoms with Crippen molar-refractivity contribution in [1.29, 1.82) is 0 Å². The average molecular weight is 319 g/mol. The van der Waals surface area contributed by atoms with Gasteiger partial charge in [0.15, 0.2) is 5.71 Å². The Morgan fingerprint density at radius 2 is 2.09 bits per heavy atom. The molecule has 0 saturated carbocycles. The maximum absolute atomic E-state index is 11.5. The van der Waals surface area contributed by atoms with Crippen molar-refractivity contribution in [1.82, 2.24) is 0 Å². The van der Waals surface area contributed by atoms with Gasteiger partial charge < -0.3 is 14.3 Å². The summed E-state index contributed by atoms with van der Waals surface area (Å²) >= 11 is 0. The van der Waals surface area contributed by atoms with Crippen LogP contribution in [0.4, 0.5) is 0 Å². The molecule has 1 unspecified atom stereocenters. The molecule has 0 bridgehead atoms. The number of unbranched alkanes of at least 4 members (excludes halogenated alkanes) is 2. The van der Waals surface area contributed by atoms with E-state index < -0.39 is 0 Å². The van der Waals surface area contributed by atoms with Crippen LogP contribution in [0.5, 0.6) is 0 Å². The summed E-state index contributed by atoms with van der Waals surface area (Å²) in [5.74, 6) is -0.357. The maximum atomic E-state index is 11.5. The highest BCUT2D eigenvalue weighted by Gasteiger charge is 2.26. The lowest BCUT2D eigenvalue weighted by molar-refractivity contribution is -0.135. The summed E-state index contributed by atoms with van der Waals surface area (Å²) in [7, 11) is 0. The van der Waals surface area contributed by atoms with E-state index in [9.17, 15) is 4.79 Å². The maximum Gasteiger partial charge on any atom is 0.356 e. The number of ether oxygens (including phenoxy) is 2. The molecule has 5 heteroatoms. The number of hydrogen-bond donors (Lipinski definition) is 0. The molecular formula is C18H25NO4. The van der Waals surface area contributed by atoms with Gasteiger partial charge in [0.25, 0.3) is 0 Å².